The third-order valence-corrected chi connectivity index (χ3v) is 13.6. The van der Waals surface area contributed by atoms with Gasteiger partial charge in [0.2, 0.25) is 0 Å². The molecule has 0 aromatic heterocycles. The third-order valence-electron chi connectivity index (χ3n) is 13.6. The Balaban J connectivity index is 0.000000334. The average Bonchev–Trinajstić information content (AvgIpc) is 0.912. The van der Waals surface area contributed by atoms with Crippen molar-refractivity contribution in [3.05, 3.63) is 190 Å². The Kier molecular flexibility index (Phi) is 27.2. The standard InChI is InChI=1S/2C34H38N4O2.3C2H6OS/c2*1-33(2,3)25-11-7-9-23(31(25)39)19-37-29-15-13-21(17-27(29)35)22-14-16-30(28(36)18-22)38-20-24-10-8-12-26(32(24)40)34(4,5)6;3*1-4(2)3/h2*7-20,39-40H,35-36H2,1-6H3;3*1-2H3. The molecule has 92 heavy (non-hydrogen) atoms. The second-order valence-corrected chi connectivity index (χ2v) is 30.8. The maximum absolute atomic E-state index is 10.7. The van der Waals surface area contributed by atoms with Crippen molar-refractivity contribution in [2.45, 2.75) is 105 Å². The Morgan fingerprint density at radius 3 is 0.609 bits per heavy atom. The molecule has 490 valence electrons. The summed E-state index contributed by atoms with van der Waals surface area (Å²) in [6.07, 6.45) is 16.4. The molecule has 8 rings (SSSR count). The molecule has 12 N–H and O–H groups in total. The quantitative estimate of drug-likeness (QED) is 0.0470. The molecule has 0 heterocycles. The summed E-state index contributed by atoms with van der Waals surface area (Å²) in [7, 11) is -1.83. The largest absolute Gasteiger partial charge is 0.507 e. The molecule has 0 aliphatic rings. The Bertz CT molecular complexity index is 3530. The van der Waals surface area contributed by atoms with Gasteiger partial charge in [-0.2, -0.15) is 0 Å². The topological polar surface area (TPSA) is 286 Å². The Morgan fingerprint density at radius 1 is 0.304 bits per heavy atom. The summed E-state index contributed by atoms with van der Waals surface area (Å²) < 4.78 is 28.7. The fourth-order valence-electron chi connectivity index (χ4n) is 9.05. The maximum atomic E-state index is 10.7. The predicted octanol–water partition coefficient (Wildman–Crippen LogP) is 16.0. The summed E-state index contributed by atoms with van der Waals surface area (Å²) in [4.78, 5) is 18.1. The smallest absolute Gasteiger partial charge is 0.128 e. The van der Waals surface area contributed by atoms with Crippen LogP contribution in [0.25, 0.3) is 22.3 Å². The summed E-state index contributed by atoms with van der Waals surface area (Å²) in [5.74, 6) is 0.905. The molecular formula is C74H94N8O7S3. The van der Waals surface area contributed by atoms with Gasteiger partial charge in [0.25, 0.3) is 0 Å². The number of benzene rings is 8. The van der Waals surface area contributed by atoms with Crippen LogP contribution in [0.1, 0.15) is 128 Å². The fraction of sp³-hybridized carbons (Fsp3) is 0.297. The number of nitrogens with zero attached hydrogens (tertiary/aromatic N) is 4. The van der Waals surface area contributed by atoms with Gasteiger partial charge in [-0.25, -0.2) is 0 Å². The van der Waals surface area contributed by atoms with E-state index in [0.717, 1.165) is 44.5 Å². The average molecular weight is 1300 g/mol. The number of hydrogen-bond donors (Lipinski definition) is 8. The number of nitrogen functional groups attached to an aromatic ring is 4. The minimum absolute atomic E-state index is 0.184. The molecule has 0 radical (unpaired) electrons. The van der Waals surface area contributed by atoms with Gasteiger partial charge in [0.15, 0.2) is 0 Å². The van der Waals surface area contributed by atoms with Gasteiger partial charge >= 0.3 is 0 Å². The first kappa shape index (κ1) is 75.7. The number of anilines is 4. The molecule has 0 aliphatic heterocycles. The lowest BCUT2D eigenvalue weighted by Gasteiger charge is -2.21. The van der Waals surface area contributed by atoms with Crippen molar-refractivity contribution in [3.63, 3.8) is 0 Å². The van der Waals surface area contributed by atoms with Gasteiger partial charge in [-0.3, -0.25) is 32.6 Å². The Morgan fingerprint density at radius 2 is 0.467 bits per heavy atom. The lowest BCUT2D eigenvalue weighted by molar-refractivity contribution is 0.445. The van der Waals surface area contributed by atoms with E-state index >= 15 is 0 Å². The van der Waals surface area contributed by atoms with E-state index in [2.05, 4.69) is 103 Å². The molecule has 0 bridgehead atoms. The van der Waals surface area contributed by atoms with E-state index in [1.807, 2.05) is 146 Å². The fourth-order valence-corrected chi connectivity index (χ4v) is 9.05. The molecular weight excluding hydrogens is 1210 g/mol. The lowest BCUT2D eigenvalue weighted by Crippen LogP contribution is -2.11. The van der Waals surface area contributed by atoms with Gasteiger partial charge in [-0.1, -0.05) is 156 Å². The van der Waals surface area contributed by atoms with Gasteiger partial charge in [0, 0.05) is 117 Å². The lowest BCUT2D eigenvalue weighted by atomic mass is 9.85. The van der Waals surface area contributed by atoms with Gasteiger partial charge in [-0.15, -0.1) is 0 Å². The summed E-state index contributed by atoms with van der Waals surface area (Å²) in [6, 6.07) is 45.2. The number of hydrogen-bond acceptors (Lipinski definition) is 15. The number of aliphatic imine (C=N–C) groups is 4. The zero-order chi connectivity index (χ0) is 69.2. The van der Waals surface area contributed by atoms with Gasteiger partial charge in [-0.05, 0) is 139 Å². The first-order valence-corrected chi connectivity index (χ1v) is 35.4. The van der Waals surface area contributed by atoms with Crippen LogP contribution in [0, 0.1) is 0 Å². The van der Waals surface area contributed by atoms with Crippen LogP contribution in [0.3, 0.4) is 0 Å². The highest BCUT2D eigenvalue weighted by molar-refractivity contribution is 7.83. The van der Waals surface area contributed by atoms with Gasteiger partial charge in [0.05, 0.1) is 45.5 Å². The van der Waals surface area contributed by atoms with E-state index in [1.165, 1.54) is 0 Å². The highest BCUT2D eigenvalue weighted by Gasteiger charge is 2.23. The first-order chi connectivity index (χ1) is 42.7. The molecule has 0 fully saturated rings. The van der Waals surface area contributed by atoms with E-state index in [1.54, 1.807) is 62.4 Å². The summed E-state index contributed by atoms with van der Waals surface area (Å²) in [5.41, 5.74) is 38.7. The van der Waals surface area contributed by atoms with Crippen molar-refractivity contribution in [1.82, 2.24) is 0 Å². The van der Waals surface area contributed by atoms with Crippen LogP contribution in [-0.4, -0.2) is 95.4 Å². The molecule has 8 aromatic rings. The van der Waals surface area contributed by atoms with Crippen LogP contribution in [0.15, 0.2) is 166 Å². The molecule has 0 saturated heterocycles. The second kappa shape index (κ2) is 33.0. The molecule has 0 amide bonds. The number of phenolic OH excluding ortho intramolecular Hbond substituents is 4. The monoisotopic (exact) mass is 1300 g/mol. The number of aromatic hydroxyl groups is 4. The van der Waals surface area contributed by atoms with Crippen molar-refractivity contribution in [2.75, 3.05) is 60.5 Å². The normalized spacial score (nSPS) is 12.0. The van der Waals surface area contributed by atoms with Crippen molar-refractivity contribution in [3.8, 4) is 45.3 Å². The summed E-state index contributed by atoms with van der Waals surface area (Å²) in [6.45, 7) is 24.7. The molecule has 15 nitrogen and oxygen atoms in total. The SMILES string of the molecule is CC(C)(C)c1cccc(C=Nc2ccc(-c3ccc(N=Cc4cccc(C(C)(C)C)c4O)c(N)c3)cc2N)c1O.CC(C)(C)c1cccc(C=Nc2ccc(-c3ccc(N=Cc4cccc(C(C)(C)C)c4O)c(N)c3)cc2N)c1O.CS(C)=O.CS(C)=O.CS(C)=O. The zero-order valence-corrected chi connectivity index (χ0v) is 59.0. The van der Waals surface area contributed by atoms with Crippen LogP contribution < -0.4 is 22.9 Å². The summed E-state index contributed by atoms with van der Waals surface area (Å²) in [5, 5.41) is 42.9. The van der Waals surface area contributed by atoms with E-state index < -0.39 is 32.4 Å². The minimum atomic E-state index is -0.611. The second-order valence-electron chi connectivity index (χ2n) is 26.3. The van der Waals surface area contributed by atoms with E-state index in [9.17, 15) is 33.1 Å². The molecule has 18 heteroatoms. The zero-order valence-electron chi connectivity index (χ0n) is 56.5. The van der Waals surface area contributed by atoms with Crippen LogP contribution >= 0.6 is 0 Å². The maximum Gasteiger partial charge on any atom is 0.128 e. The van der Waals surface area contributed by atoms with E-state index in [0.29, 0.717) is 67.8 Å². The minimum Gasteiger partial charge on any atom is -0.507 e. The van der Waals surface area contributed by atoms with E-state index in [4.69, 9.17) is 22.9 Å². The number of phenols is 4. The molecule has 0 saturated carbocycles. The number of rotatable bonds is 10. The number of para-hydroxylation sites is 4. The van der Waals surface area contributed by atoms with Gasteiger partial charge in [0.1, 0.15) is 23.0 Å². The molecule has 0 unspecified atom stereocenters. The molecule has 0 aliphatic carbocycles. The van der Waals surface area contributed by atoms with E-state index in [-0.39, 0.29) is 44.7 Å². The number of nitrogens with two attached hydrogens (primary N) is 4. The third kappa shape index (κ3) is 22.9. The molecule has 0 spiro atoms. The Labute approximate surface area is 553 Å². The van der Waals surface area contributed by atoms with Crippen LogP contribution in [-0.2, 0) is 54.1 Å². The van der Waals surface area contributed by atoms with Crippen molar-refractivity contribution in [1.29, 1.82) is 0 Å². The van der Waals surface area contributed by atoms with Gasteiger partial charge < -0.3 is 43.4 Å². The predicted molar refractivity (Wildman–Crippen MR) is 398 cm³/mol. The van der Waals surface area contributed by atoms with Crippen molar-refractivity contribution < 1.29 is 33.1 Å². The van der Waals surface area contributed by atoms with Crippen LogP contribution in [0.2, 0.25) is 0 Å². The van der Waals surface area contributed by atoms with Crippen molar-refractivity contribution >= 4 is 103 Å². The molecule has 0 atom stereocenters. The van der Waals surface area contributed by atoms with Crippen LogP contribution in [0.5, 0.6) is 23.0 Å². The highest BCUT2D eigenvalue weighted by Crippen LogP contribution is 2.39. The molecule has 8 aromatic carbocycles. The first-order valence-electron chi connectivity index (χ1n) is 29.5. The Hall–Kier alpha value is -8.71. The summed E-state index contributed by atoms with van der Waals surface area (Å²) >= 11 is 0. The van der Waals surface area contributed by atoms with Crippen LogP contribution in [0.4, 0.5) is 45.5 Å². The van der Waals surface area contributed by atoms with Crippen molar-refractivity contribution in [2.24, 2.45) is 20.0 Å². The highest BCUT2D eigenvalue weighted by atomic mass is 32.2.